The van der Waals surface area contributed by atoms with Gasteiger partial charge in [0, 0.05) is 31.0 Å². The van der Waals surface area contributed by atoms with Gasteiger partial charge in [-0.3, -0.25) is 14.5 Å². The van der Waals surface area contributed by atoms with Crippen molar-refractivity contribution >= 4 is 17.5 Å². The van der Waals surface area contributed by atoms with Gasteiger partial charge in [-0.15, -0.1) is 0 Å². The van der Waals surface area contributed by atoms with Crippen LogP contribution >= 0.6 is 0 Å². The number of carbonyl (C=O) groups is 2. The monoisotopic (exact) mass is 382 g/mol. The van der Waals surface area contributed by atoms with Crippen LogP contribution in [0.4, 0.5) is 10.1 Å². The van der Waals surface area contributed by atoms with Gasteiger partial charge in [-0.05, 0) is 50.7 Å². The highest BCUT2D eigenvalue weighted by Gasteiger charge is 2.48. The Hall–Kier alpha value is -2.80. The van der Waals surface area contributed by atoms with Crippen LogP contribution in [0.5, 0.6) is 0 Å². The topological polar surface area (TPSA) is 56.8 Å². The quantitative estimate of drug-likeness (QED) is 0.798. The van der Waals surface area contributed by atoms with Crippen molar-refractivity contribution in [2.24, 2.45) is 0 Å². The zero-order valence-electron chi connectivity index (χ0n) is 16.1. The Bertz CT molecular complexity index is 934. The molecule has 2 saturated heterocycles. The lowest BCUT2D eigenvalue weighted by atomic mass is 9.92. The number of hydrogen-bond acceptors (Lipinski definition) is 4. The van der Waals surface area contributed by atoms with Gasteiger partial charge in [-0.1, -0.05) is 12.1 Å². The first kappa shape index (κ1) is 18.6. The third-order valence-corrected chi connectivity index (χ3v) is 5.78. The Kier molecular flexibility index (Phi) is 4.63. The van der Waals surface area contributed by atoms with Gasteiger partial charge in [-0.25, -0.2) is 9.37 Å². The van der Waals surface area contributed by atoms with E-state index in [0.29, 0.717) is 31.0 Å². The van der Waals surface area contributed by atoms with Crippen LogP contribution in [0.25, 0.3) is 0 Å². The summed E-state index contributed by atoms with van der Waals surface area (Å²) in [5.74, 6) is -0.529. The fourth-order valence-corrected chi connectivity index (χ4v) is 4.13. The van der Waals surface area contributed by atoms with Crippen LogP contribution in [0, 0.1) is 12.7 Å². The Morgan fingerprint density at radius 1 is 1.18 bits per heavy atom. The Balaban J connectivity index is 1.57. The van der Waals surface area contributed by atoms with E-state index in [1.807, 2.05) is 31.0 Å². The molecule has 3 heterocycles. The second kappa shape index (κ2) is 6.98. The lowest BCUT2D eigenvalue weighted by Gasteiger charge is -2.46. The molecule has 0 saturated carbocycles. The van der Waals surface area contributed by atoms with Crippen LogP contribution in [0.2, 0.25) is 0 Å². The molecule has 146 valence electrons. The van der Waals surface area contributed by atoms with Crippen LogP contribution in [0.1, 0.15) is 22.6 Å². The molecule has 6 nitrogen and oxygen atoms in total. The summed E-state index contributed by atoms with van der Waals surface area (Å²) in [6.45, 7) is 3.64. The number of hydrogen-bond donors (Lipinski definition) is 0. The van der Waals surface area contributed by atoms with E-state index in [-0.39, 0.29) is 29.7 Å². The number of piperazine rings is 1. The molecule has 1 aromatic heterocycles. The fraction of sp³-hybridized carbons (Fsp3) is 0.381. The summed E-state index contributed by atoms with van der Waals surface area (Å²) in [6.07, 6.45) is 0.750. The predicted octanol–water partition coefficient (Wildman–Crippen LogP) is 2.09. The van der Waals surface area contributed by atoms with Gasteiger partial charge < -0.3 is 9.80 Å². The van der Waals surface area contributed by atoms with Gasteiger partial charge in [0.1, 0.15) is 11.5 Å². The Morgan fingerprint density at radius 2 is 1.96 bits per heavy atom. The molecule has 2 amide bonds. The van der Waals surface area contributed by atoms with Crippen LogP contribution in [0.15, 0.2) is 42.5 Å². The van der Waals surface area contributed by atoms with E-state index in [1.165, 1.54) is 12.1 Å². The highest BCUT2D eigenvalue weighted by molar-refractivity contribution is 5.96. The number of likely N-dealkylation sites (tertiary alicyclic amines) is 1. The van der Waals surface area contributed by atoms with E-state index >= 15 is 0 Å². The highest BCUT2D eigenvalue weighted by Crippen LogP contribution is 2.34. The summed E-state index contributed by atoms with van der Waals surface area (Å²) in [4.78, 5) is 35.3. The van der Waals surface area contributed by atoms with Crippen molar-refractivity contribution in [3.05, 3.63) is 59.7 Å². The largest absolute Gasteiger partial charge is 0.335 e. The van der Waals surface area contributed by atoms with Crippen molar-refractivity contribution in [1.82, 2.24) is 14.8 Å². The molecule has 2 aliphatic heterocycles. The summed E-state index contributed by atoms with van der Waals surface area (Å²) in [5.41, 5.74) is 1.45. The number of carbonyl (C=O) groups excluding carboxylic acids is 2. The van der Waals surface area contributed by atoms with Gasteiger partial charge in [0.15, 0.2) is 0 Å². The van der Waals surface area contributed by atoms with Gasteiger partial charge >= 0.3 is 0 Å². The minimum Gasteiger partial charge on any atom is -0.335 e. The zero-order chi connectivity index (χ0) is 19.9. The first-order chi connectivity index (χ1) is 13.4. The van der Waals surface area contributed by atoms with E-state index in [2.05, 4.69) is 4.98 Å². The SMILES string of the molecule is Cc1cccc(C(=O)N2CCC3(C2)CN(c2cccc(F)c2)C(=O)CN3C)n1. The van der Waals surface area contributed by atoms with E-state index in [9.17, 15) is 14.0 Å². The second-order valence-corrected chi connectivity index (χ2v) is 7.68. The molecule has 4 rings (SSSR count). The lowest BCUT2D eigenvalue weighted by molar-refractivity contribution is -0.123. The molecule has 7 heteroatoms. The molecule has 0 radical (unpaired) electrons. The zero-order valence-corrected chi connectivity index (χ0v) is 16.1. The number of aryl methyl sites for hydroxylation is 1. The van der Waals surface area contributed by atoms with Crippen molar-refractivity contribution in [1.29, 1.82) is 0 Å². The lowest BCUT2D eigenvalue weighted by Crippen LogP contribution is -2.64. The van der Waals surface area contributed by atoms with Crippen molar-refractivity contribution in [2.75, 3.05) is 38.1 Å². The van der Waals surface area contributed by atoms with Crippen molar-refractivity contribution in [3.8, 4) is 0 Å². The maximum atomic E-state index is 13.7. The Labute approximate surface area is 163 Å². The molecule has 0 aliphatic carbocycles. The van der Waals surface area contributed by atoms with Gasteiger partial charge in [0.2, 0.25) is 5.91 Å². The van der Waals surface area contributed by atoms with E-state index in [4.69, 9.17) is 0 Å². The average molecular weight is 382 g/mol. The number of rotatable bonds is 2. The van der Waals surface area contributed by atoms with E-state index in [0.717, 1.165) is 12.1 Å². The van der Waals surface area contributed by atoms with E-state index in [1.54, 1.807) is 28.0 Å². The number of likely N-dealkylation sites (N-methyl/N-ethyl adjacent to an activating group) is 1. The molecule has 0 bridgehead atoms. The minimum absolute atomic E-state index is 0.0659. The molecule has 1 atom stereocenters. The van der Waals surface area contributed by atoms with E-state index < -0.39 is 0 Å². The standard InChI is InChI=1S/C21H23FN4O2/c1-15-5-3-8-18(23-15)20(28)25-10-9-21(13-25)14-26(19(27)12-24(21)2)17-7-4-6-16(22)11-17/h3-8,11H,9-10,12-14H2,1-2H3. The summed E-state index contributed by atoms with van der Waals surface area (Å²) in [6, 6.07) is 11.5. The molecule has 1 unspecified atom stereocenters. The number of nitrogens with zero attached hydrogens (tertiary/aromatic N) is 4. The molecular formula is C21H23FN4O2. The molecule has 0 N–H and O–H groups in total. The number of amides is 2. The number of halogens is 1. The molecule has 2 aliphatic rings. The predicted molar refractivity (Wildman–Crippen MR) is 104 cm³/mol. The first-order valence-corrected chi connectivity index (χ1v) is 9.38. The normalized spacial score (nSPS) is 22.9. The maximum absolute atomic E-state index is 13.7. The number of pyridine rings is 1. The second-order valence-electron chi connectivity index (χ2n) is 7.68. The molecule has 28 heavy (non-hydrogen) atoms. The first-order valence-electron chi connectivity index (χ1n) is 9.38. The van der Waals surface area contributed by atoms with Gasteiger partial charge in [0.05, 0.1) is 12.1 Å². The summed E-state index contributed by atoms with van der Waals surface area (Å²) >= 11 is 0. The summed E-state index contributed by atoms with van der Waals surface area (Å²) < 4.78 is 13.7. The third kappa shape index (κ3) is 3.26. The molecule has 2 aromatic rings. The van der Waals surface area contributed by atoms with Crippen LogP contribution < -0.4 is 4.90 Å². The highest BCUT2D eigenvalue weighted by atomic mass is 19.1. The van der Waals surface area contributed by atoms with Crippen molar-refractivity contribution < 1.29 is 14.0 Å². The number of benzene rings is 1. The molecule has 1 aromatic carbocycles. The summed E-state index contributed by atoms with van der Waals surface area (Å²) in [7, 11) is 1.92. The van der Waals surface area contributed by atoms with Crippen LogP contribution in [0.3, 0.4) is 0 Å². The smallest absolute Gasteiger partial charge is 0.272 e. The minimum atomic E-state index is -0.368. The Morgan fingerprint density at radius 3 is 2.71 bits per heavy atom. The third-order valence-electron chi connectivity index (χ3n) is 5.78. The molecule has 1 spiro atoms. The van der Waals surface area contributed by atoms with Crippen molar-refractivity contribution in [3.63, 3.8) is 0 Å². The maximum Gasteiger partial charge on any atom is 0.272 e. The molecular weight excluding hydrogens is 359 g/mol. The molecule has 2 fully saturated rings. The van der Waals surface area contributed by atoms with Crippen LogP contribution in [-0.4, -0.2) is 65.4 Å². The summed E-state index contributed by atoms with van der Waals surface area (Å²) in [5, 5.41) is 0. The van der Waals surface area contributed by atoms with Gasteiger partial charge in [-0.2, -0.15) is 0 Å². The van der Waals surface area contributed by atoms with Crippen molar-refractivity contribution in [2.45, 2.75) is 18.9 Å². The van der Waals surface area contributed by atoms with Crippen LogP contribution in [-0.2, 0) is 4.79 Å². The number of aromatic nitrogens is 1. The number of anilines is 1. The van der Waals surface area contributed by atoms with Gasteiger partial charge in [0.25, 0.3) is 5.91 Å². The average Bonchev–Trinajstić information content (AvgIpc) is 3.09. The fourth-order valence-electron chi connectivity index (χ4n) is 4.13.